The molecule has 1 aliphatic heterocycles. The number of nitrogens with zero attached hydrogens (tertiary/aromatic N) is 4. The summed E-state index contributed by atoms with van der Waals surface area (Å²) < 4.78 is 0. The van der Waals surface area contributed by atoms with Gasteiger partial charge in [-0.1, -0.05) is 13.8 Å². The Balaban J connectivity index is 0.00000102. The van der Waals surface area contributed by atoms with Crippen LogP contribution < -0.4 is 10.2 Å². The van der Waals surface area contributed by atoms with Gasteiger partial charge in [0.2, 0.25) is 0 Å². The molecule has 0 unspecified atom stereocenters. The molecule has 1 N–H and O–H groups in total. The van der Waals surface area contributed by atoms with Crippen molar-refractivity contribution in [3.8, 4) is 0 Å². The van der Waals surface area contributed by atoms with E-state index in [0.717, 1.165) is 41.3 Å². The number of hydrogen-bond acceptors (Lipinski definition) is 5. The maximum Gasteiger partial charge on any atom is 0.274 e. The predicted octanol–water partition coefficient (Wildman–Crippen LogP) is 3.98. The van der Waals surface area contributed by atoms with E-state index in [1.807, 2.05) is 57.3 Å². The van der Waals surface area contributed by atoms with Gasteiger partial charge in [0.15, 0.2) is 0 Å². The van der Waals surface area contributed by atoms with Crippen molar-refractivity contribution >= 4 is 17.3 Å². The number of carbonyl (C=O) groups is 1. The summed E-state index contributed by atoms with van der Waals surface area (Å²) in [7, 11) is 0. The molecule has 0 spiro atoms. The number of hydrogen-bond donors (Lipinski definition) is 1. The van der Waals surface area contributed by atoms with Crippen LogP contribution in [0.4, 0.5) is 11.4 Å². The van der Waals surface area contributed by atoms with E-state index in [0.29, 0.717) is 5.69 Å². The lowest BCUT2D eigenvalue weighted by atomic mass is 10.2. The average Bonchev–Trinajstić information content (AvgIpc) is 3.14. The number of rotatable bonds is 3. The number of fused-ring (bicyclic) bond motifs is 1. The van der Waals surface area contributed by atoms with E-state index in [1.54, 1.807) is 18.6 Å². The molecule has 0 bridgehead atoms. The fraction of sp³-hybridized carbons (Fsp3) is 0.238. The summed E-state index contributed by atoms with van der Waals surface area (Å²) in [4.78, 5) is 27.0. The largest absolute Gasteiger partial charge is 0.361 e. The molecular weight excluding hydrogens is 338 g/mol. The number of amides is 1. The Hall–Kier alpha value is -3.28. The van der Waals surface area contributed by atoms with Crippen molar-refractivity contribution in [1.82, 2.24) is 15.0 Å². The molecule has 2 aromatic heterocycles. The zero-order valence-corrected chi connectivity index (χ0v) is 15.8. The van der Waals surface area contributed by atoms with E-state index >= 15 is 0 Å². The van der Waals surface area contributed by atoms with E-state index in [9.17, 15) is 4.79 Å². The van der Waals surface area contributed by atoms with Gasteiger partial charge in [-0.25, -0.2) is 9.97 Å². The fourth-order valence-corrected chi connectivity index (χ4v) is 2.89. The first-order chi connectivity index (χ1) is 13.2. The summed E-state index contributed by atoms with van der Waals surface area (Å²) in [5.41, 5.74) is 5.48. The van der Waals surface area contributed by atoms with E-state index in [1.165, 1.54) is 0 Å². The average molecular weight is 361 g/mol. The molecule has 3 heterocycles. The van der Waals surface area contributed by atoms with Crippen molar-refractivity contribution in [1.29, 1.82) is 0 Å². The minimum atomic E-state index is -0.208. The number of anilines is 2. The van der Waals surface area contributed by atoms with Crippen molar-refractivity contribution in [3.63, 3.8) is 0 Å². The quantitative estimate of drug-likeness (QED) is 0.764. The van der Waals surface area contributed by atoms with Gasteiger partial charge in [0.25, 0.3) is 5.91 Å². The summed E-state index contributed by atoms with van der Waals surface area (Å²) in [6.45, 7) is 7.51. The minimum absolute atomic E-state index is 0.208. The highest BCUT2D eigenvalue weighted by molar-refractivity contribution is 6.03. The van der Waals surface area contributed by atoms with Gasteiger partial charge in [-0.05, 0) is 48.9 Å². The molecule has 6 nitrogen and oxygen atoms in total. The number of pyridine rings is 1. The summed E-state index contributed by atoms with van der Waals surface area (Å²) in [6.07, 6.45) is 5.09. The van der Waals surface area contributed by atoms with Crippen molar-refractivity contribution in [2.75, 3.05) is 10.2 Å². The SMILES string of the molecule is CC.Cc1ccnc(C(=O)Nc2ccc(N3Cc4cncnc4C3)cc2)c1. The van der Waals surface area contributed by atoms with Gasteiger partial charge in [0.05, 0.1) is 12.2 Å². The van der Waals surface area contributed by atoms with Gasteiger partial charge < -0.3 is 10.2 Å². The highest BCUT2D eigenvalue weighted by Crippen LogP contribution is 2.27. The normalized spacial score (nSPS) is 12.0. The van der Waals surface area contributed by atoms with E-state index in [-0.39, 0.29) is 5.91 Å². The Morgan fingerprint density at radius 3 is 2.56 bits per heavy atom. The zero-order chi connectivity index (χ0) is 19.2. The summed E-state index contributed by atoms with van der Waals surface area (Å²) >= 11 is 0. The van der Waals surface area contributed by atoms with Crippen LogP contribution in [0.15, 0.2) is 55.1 Å². The van der Waals surface area contributed by atoms with Gasteiger partial charge in [-0.3, -0.25) is 9.78 Å². The third-order valence-electron chi connectivity index (χ3n) is 4.22. The molecule has 27 heavy (non-hydrogen) atoms. The second-order valence-corrected chi connectivity index (χ2v) is 6.07. The predicted molar refractivity (Wildman–Crippen MR) is 107 cm³/mol. The molecule has 3 aromatic rings. The van der Waals surface area contributed by atoms with E-state index in [2.05, 4.69) is 25.2 Å². The summed E-state index contributed by atoms with van der Waals surface area (Å²) in [5.74, 6) is -0.208. The van der Waals surface area contributed by atoms with Crippen LogP contribution in [0.2, 0.25) is 0 Å². The fourth-order valence-electron chi connectivity index (χ4n) is 2.89. The molecule has 1 aliphatic rings. The lowest BCUT2D eigenvalue weighted by Gasteiger charge is -2.17. The van der Waals surface area contributed by atoms with Crippen LogP contribution in [0.5, 0.6) is 0 Å². The molecule has 0 aliphatic carbocycles. The van der Waals surface area contributed by atoms with Crippen LogP contribution in [-0.4, -0.2) is 20.9 Å². The van der Waals surface area contributed by atoms with Gasteiger partial charge in [0.1, 0.15) is 12.0 Å². The second-order valence-electron chi connectivity index (χ2n) is 6.07. The highest BCUT2D eigenvalue weighted by Gasteiger charge is 2.20. The molecule has 1 amide bonds. The van der Waals surface area contributed by atoms with Gasteiger partial charge in [0, 0.05) is 35.9 Å². The Morgan fingerprint density at radius 1 is 1.07 bits per heavy atom. The van der Waals surface area contributed by atoms with E-state index < -0.39 is 0 Å². The molecule has 138 valence electrons. The molecule has 6 heteroatoms. The molecule has 0 fully saturated rings. The van der Waals surface area contributed by atoms with Crippen LogP contribution in [-0.2, 0) is 13.1 Å². The molecule has 4 rings (SSSR count). The second kappa shape index (κ2) is 8.40. The Bertz CT molecular complexity index is 899. The van der Waals surface area contributed by atoms with Crippen LogP contribution in [0.25, 0.3) is 0 Å². The molecule has 0 saturated heterocycles. The molecular formula is C21H23N5O. The highest BCUT2D eigenvalue weighted by atomic mass is 16.1. The van der Waals surface area contributed by atoms with Crippen LogP contribution in [0, 0.1) is 6.92 Å². The molecule has 0 saturated carbocycles. The number of nitrogens with one attached hydrogen (secondary N) is 1. The van der Waals surface area contributed by atoms with Crippen molar-refractivity contribution in [2.24, 2.45) is 0 Å². The third kappa shape index (κ3) is 4.28. The lowest BCUT2D eigenvalue weighted by Crippen LogP contribution is -2.15. The molecule has 0 radical (unpaired) electrons. The first kappa shape index (κ1) is 18.5. The van der Waals surface area contributed by atoms with Crippen molar-refractivity contribution < 1.29 is 4.79 Å². The third-order valence-corrected chi connectivity index (χ3v) is 4.22. The van der Waals surface area contributed by atoms with Crippen molar-refractivity contribution in [2.45, 2.75) is 33.9 Å². The monoisotopic (exact) mass is 361 g/mol. The Morgan fingerprint density at radius 2 is 1.85 bits per heavy atom. The molecule has 0 atom stereocenters. The first-order valence-corrected chi connectivity index (χ1v) is 9.06. The molecule has 1 aromatic carbocycles. The lowest BCUT2D eigenvalue weighted by molar-refractivity contribution is 0.102. The maximum absolute atomic E-state index is 12.3. The zero-order valence-electron chi connectivity index (χ0n) is 15.8. The van der Waals surface area contributed by atoms with Crippen LogP contribution in [0.1, 0.15) is 41.2 Å². The number of carbonyl (C=O) groups excluding carboxylic acids is 1. The summed E-state index contributed by atoms with van der Waals surface area (Å²) in [6, 6.07) is 11.4. The maximum atomic E-state index is 12.3. The summed E-state index contributed by atoms with van der Waals surface area (Å²) in [5, 5.41) is 2.88. The first-order valence-electron chi connectivity index (χ1n) is 9.06. The smallest absolute Gasteiger partial charge is 0.274 e. The van der Waals surface area contributed by atoms with Crippen molar-refractivity contribution in [3.05, 3.63) is 77.6 Å². The van der Waals surface area contributed by atoms with Gasteiger partial charge in [-0.15, -0.1) is 0 Å². The van der Waals surface area contributed by atoms with Gasteiger partial charge >= 0.3 is 0 Å². The van der Waals surface area contributed by atoms with Gasteiger partial charge in [-0.2, -0.15) is 0 Å². The minimum Gasteiger partial charge on any atom is -0.361 e. The topological polar surface area (TPSA) is 71.0 Å². The van der Waals surface area contributed by atoms with Crippen LogP contribution in [0.3, 0.4) is 0 Å². The van der Waals surface area contributed by atoms with Crippen LogP contribution >= 0.6 is 0 Å². The number of aromatic nitrogens is 3. The van der Waals surface area contributed by atoms with E-state index in [4.69, 9.17) is 0 Å². The number of aryl methyl sites for hydroxylation is 1. The standard InChI is InChI=1S/C19H17N5O.C2H6/c1-13-6-7-21-17(8-13)19(25)23-15-2-4-16(5-3-15)24-10-14-9-20-12-22-18(14)11-24;1-2/h2-9,12H,10-11H2,1H3,(H,23,25);1-2H3. The Kier molecular flexibility index (Phi) is 5.76. The Labute approximate surface area is 159 Å². The number of benzene rings is 1.